The Bertz CT molecular complexity index is 869. The van der Waals surface area contributed by atoms with E-state index in [4.69, 9.17) is 39.9 Å². The molecule has 0 aliphatic heterocycles. The number of allylic oxidation sites excluding steroid dienone is 1. The largest absolute Gasteiger partial charge is 0.478 e. The molecule has 0 aromatic heterocycles. The Morgan fingerprint density at radius 2 is 1.74 bits per heavy atom. The molecule has 1 unspecified atom stereocenters. The van der Waals surface area contributed by atoms with E-state index in [1.54, 1.807) is 13.0 Å². The normalized spacial score (nSPS) is 13.1. The fourth-order valence-corrected chi connectivity index (χ4v) is 3.20. The van der Waals surface area contributed by atoms with E-state index in [0.717, 1.165) is 18.2 Å². The zero-order valence-corrected chi connectivity index (χ0v) is 16.2. The third kappa shape index (κ3) is 5.18. The molecule has 2 rings (SSSR count). The molecule has 1 N–H and O–H groups in total. The zero-order chi connectivity index (χ0) is 20.4. The first kappa shape index (κ1) is 21.6. The Balaban J connectivity index is 2.45. The highest BCUT2D eigenvalue weighted by Crippen LogP contribution is 2.41. The molecule has 8 heteroatoms. The van der Waals surface area contributed by atoms with Crippen molar-refractivity contribution in [3.05, 3.63) is 73.7 Å². The van der Waals surface area contributed by atoms with Gasteiger partial charge in [-0.3, -0.25) is 0 Å². The maximum atomic E-state index is 13.5. The zero-order valence-electron chi connectivity index (χ0n) is 13.9. The number of carboxylic acid groups (broad SMARTS) is 1. The number of benzene rings is 2. The maximum absolute atomic E-state index is 13.5. The number of hydrogen-bond donors (Lipinski definition) is 1. The number of hydrogen-bond acceptors (Lipinski definition) is 1. The SMILES string of the molecule is CCc1cc(/C=C/C(c2cc(Cl)c(Cl)c(Cl)c2)C(F)(F)F)ccc1C(=O)O. The highest BCUT2D eigenvalue weighted by atomic mass is 35.5. The van der Waals surface area contributed by atoms with Crippen molar-refractivity contribution in [1.29, 1.82) is 0 Å². The van der Waals surface area contributed by atoms with Crippen LogP contribution in [0.5, 0.6) is 0 Å². The van der Waals surface area contributed by atoms with Crippen molar-refractivity contribution in [3.8, 4) is 0 Å². The summed E-state index contributed by atoms with van der Waals surface area (Å²) >= 11 is 17.5. The van der Waals surface area contributed by atoms with Gasteiger partial charge in [-0.15, -0.1) is 0 Å². The lowest BCUT2D eigenvalue weighted by atomic mass is 9.96. The molecule has 2 nitrogen and oxygen atoms in total. The van der Waals surface area contributed by atoms with E-state index in [-0.39, 0.29) is 26.2 Å². The minimum absolute atomic E-state index is 0.0103. The summed E-state index contributed by atoms with van der Waals surface area (Å²) in [6.07, 6.45) is -1.87. The van der Waals surface area contributed by atoms with Gasteiger partial charge in [-0.2, -0.15) is 13.2 Å². The Morgan fingerprint density at radius 1 is 1.15 bits per heavy atom. The van der Waals surface area contributed by atoms with Crippen LogP contribution in [0.3, 0.4) is 0 Å². The number of carboxylic acids is 1. The lowest BCUT2D eigenvalue weighted by Gasteiger charge is -2.18. The average molecular weight is 438 g/mol. The van der Waals surface area contributed by atoms with Gasteiger partial charge in [-0.05, 0) is 41.3 Å². The second-order valence-electron chi connectivity index (χ2n) is 5.75. The number of rotatable bonds is 5. The second-order valence-corrected chi connectivity index (χ2v) is 6.94. The van der Waals surface area contributed by atoms with Crippen LogP contribution in [0, 0.1) is 0 Å². The summed E-state index contributed by atoms with van der Waals surface area (Å²) < 4.78 is 40.6. The maximum Gasteiger partial charge on any atom is 0.399 e. The van der Waals surface area contributed by atoms with Gasteiger partial charge in [0.15, 0.2) is 0 Å². The number of aryl methyl sites for hydroxylation is 1. The fourth-order valence-electron chi connectivity index (χ4n) is 2.59. The molecule has 144 valence electrons. The molecule has 0 aliphatic carbocycles. The number of aromatic carboxylic acids is 1. The van der Waals surface area contributed by atoms with Crippen LogP contribution in [0.15, 0.2) is 36.4 Å². The first-order valence-corrected chi connectivity index (χ1v) is 8.93. The van der Waals surface area contributed by atoms with Crippen molar-refractivity contribution in [3.63, 3.8) is 0 Å². The van der Waals surface area contributed by atoms with Gasteiger partial charge >= 0.3 is 12.1 Å². The van der Waals surface area contributed by atoms with Crippen LogP contribution >= 0.6 is 34.8 Å². The molecule has 2 aromatic carbocycles. The van der Waals surface area contributed by atoms with Gasteiger partial charge in [0.1, 0.15) is 0 Å². The van der Waals surface area contributed by atoms with Crippen molar-refractivity contribution in [1.82, 2.24) is 0 Å². The standard InChI is InChI=1S/C19H14Cl3F3O2/c1-2-11-7-10(3-5-13(11)18(26)27)4-6-14(19(23,24)25)12-8-15(20)17(22)16(21)9-12/h3-9,14H,2H2,1H3,(H,26,27)/b6-4+. The Morgan fingerprint density at radius 3 is 2.22 bits per heavy atom. The second kappa shape index (κ2) is 8.55. The molecule has 0 spiro atoms. The summed E-state index contributed by atoms with van der Waals surface area (Å²) in [5.74, 6) is -3.03. The first-order chi connectivity index (χ1) is 12.5. The minimum Gasteiger partial charge on any atom is -0.478 e. The third-order valence-electron chi connectivity index (χ3n) is 3.94. The number of carbonyl (C=O) groups is 1. The molecule has 0 amide bonds. The van der Waals surface area contributed by atoms with E-state index >= 15 is 0 Å². The summed E-state index contributed by atoms with van der Waals surface area (Å²) in [6.45, 7) is 1.77. The lowest BCUT2D eigenvalue weighted by molar-refractivity contribution is -0.139. The van der Waals surface area contributed by atoms with Crippen molar-refractivity contribution >= 4 is 46.8 Å². The fraction of sp³-hybridized carbons (Fsp3) is 0.211. The van der Waals surface area contributed by atoms with Gasteiger partial charge in [0.25, 0.3) is 0 Å². The molecular formula is C19H14Cl3F3O2. The van der Waals surface area contributed by atoms with Crippen LogP contribution in [0.4, 0.5) is 13.2 Å². The summed E-state index contributed by atoms with van der Waals surface area (Å²) in [4.78, 5) is 11.2. The summed E-state index contributed by atoms with van der Waals surface area (Å²) in [7, 11) is 0. The molecule has 0 saturated carbocycles. The van der Waals surface area contributed by atoms with Gasteiger partial charge in [0.05, 0.1) is 26.5 Å². The van der Waals surface area contributed by atoms with E-state index in [2.05, 4.69) is 0 Å². The number of halogens is 6. The highest BCUT2D eigenvalue weighted by molar-refractivity contribution is 6.48. The van der Waals surface area contributed by atoms with Crippen molar-refractivity contribution in [2.45, 2.75) is 25.4 Å². The smallest absolute Gasteiger partial charge is 0.399 e. The Hall–Kier alpha value is -1.69. The van der Waals surface area contributed by atoms with Crippen LogP contribution in [0.1, 0.15) is 39.9 Å². The first-order valence-electron chi connectivity index (χ1n) is 7.80. The molecule has 1 atom stereocenters. The predicted octanol–water partition coefficient (Wildman–Crippen LogP) is 7.27. The van der Waals surface area contributed by atoms with E-state index in [9.17, 15) is 18.0 Å². The van der Waals surface area contributed by atoms with Gasteiger partial charge in [0.2, 0.25) is 0 Å². The summed E-state index contributed by atoms with van der Waals surface area (Å²) in [5, 5.41) is 8.99. The Kier molecular flexibility index (Phi) is 6.84. The third-order valence-corrected chi connectivity index (χ3v) is 5.14. The molecule has 0 saturated heterocycles. The quantitative estimate of drug-likeness (QED) is 0.500. The molecule has 27 heavy (non-hydrogen) atoms. The lowest BCUT2D eigenvalue weighted by Crippen LogP contribution is -2.19. The van der Waals surface area contributed by atoms with E-state index in [1.807, 2.05) is 0 Å². The van der Waals surface area contributed by atoms with Crippen molar-refractivity contribution in [2.24, 2.45) is 0 Å². The van der Waals surface area contributed by atoms with Crippen LogP contribution in [-0.4, -0.2) is 17.3 Å². The van der Waals surface area contributed by atoms with Crippen LogP contribution in [0.25, 0.3) is 6.08 Å². The van der Waals surface area contributed by atoms with E-state index in [0.29, 0.717) is 17.5 Å². The van der Waals surface area contributed by atoms with E-state index in [1.165, 1.54) is 18.2 Å². The van der Waals surface area contributed by atoms with Gasteiger partial charge in [-0.25, -0.2) is 4.79 Å². The Labute approximate surface area is 169 Å². The molecule has 0 fully saturated rings. The van der Waals surface area contributed by atoms with Crippen molar-refractivity contribution in [2.75, 3.05) is 0 Å². The molecule has 0 aliphatic rings. The van der Waals surface area contributed by atoms with Crippen LogP contribution in [-0.2, 0) is 6.42 Å². The minimum atomic E-state index is -4.58. The van der Waals surface area contributed by atoms with Crippen LogP contribution < -0.4 is 0 Å². The molecule has 0 radical (unpaired) electrons. The molecular weight excluding hydrogens is 424 g/mol. The summed E-state index contributed by atoms with van der Waals surface area (Å²) in [6, 6.07) is 6.63. The van der Waals surface area contributed by atoms with Gasteiger partial charge < -0.3 is 5.11 Å². The molecule has 0 bridgehead atoms. The van der Waals surface area contributed by atoms with Gasteiger partial charge in [0, 0.05) is 0 Å². The highest BCUT2D eigenvalue weighted by Gasteiger charge is 2.39. The van der Waals surface area contributed by atoms with Crippen molar-refractivity contribution < 1.29 is 23.1 Å². The molecule has 0 heterocycles. The van der Waals surface area contributed by atoms with Crippen LogP contribution in [0.2, 0.25) is 15.1 Å². The number of alkyl halides is 3. The monoisotopic (exact) mass is 436 g/mol. The van der Waals surface area contributed by atoms with Gasteiger partial charge in [-0.1, -0.05) is 66.0 Å². The van der Waals surface area contributed by atoms with E-state index < -0.39 is 18.1 Å². The molecule has 2 aromatic rings. The topological polar surface area (TPSA) is 37.3 Å². The summed E-state index contributed by atoms with van der Waals surface area (Å²) in [5.41, 5.74) is 0.970. The average Bonchev–Trinajstić information content (AvgIpc) is 2.58. The predicted molar refractivity (Wildman–Crippen MR) is 102 cm³/mol.